The molecule has 3 aromatic rings. The molecule has 6 rings (SSSR count). The van der Waals surface area contributed by atoms with Crippen molar-refractivity contribution in [2.75, 3.05) is 41.8 Å². The molecule has 3 unspecified atom stereocenters. The number of nitrogens with one attached hydrogen (secondary N) is 1. The highest BCUT2D eigenvalue weighted by Gasteiger charge is 2.45. The number of imidazole rings is 1. The fourth-order valence-electron chi connectivity index (χ4n) is 5.17. The van der Waals surface area contributed by atoms with Crippen molar-refractivity contribution in [3.8, 4) is 10.6 Å². The molecule has 5 heterocycles. The first-order chi connectivity index (χ1) is 18.2. The Morgan fingerprint density at radius 3 is 2.68 bits per heavy atom. The van der Waals surface area contributed by atoms with Crippen molar-refractivity contribution < 1.29 is 19.5 Å². The lowest BCUT2D eigenvalue weighted by Gasteiger charge is -2.38. The van der Waals surface area contributed by atoms with E-state index in [1.807, 2.05) is 18.3 Å². The van der Waals surface area contributed by atoms with Crippen LogP contribution in [0.15, 0.2) is 30.0 Å². The molecule has 2 aliphatic heterocycles. The molecule has 3 aromatic heterocycles. The average Bonchev–Trinajstić information content (AvgIpc) is 3.29. The highest BCUT2D eigenvalue weighted by Crippen LogP contribution is 2.46. The van der Waals surface area contributed by atoms with Crippen LogP contribution in [0.3, 0.4) is 0 Å². The van der Waals surface area contributed by atoms with Crippen molar-refractivity contribution in [2.24, 2.45) is 11.8 Å². The van der Waals surface area contributed by atoms with Crippen molar-refractivity contribution in [1.29, 1.82) is 0 Å². The molecule has 0 spiro atoms. The van der Waals surface area contributed by atoms with Crippen LogP contribution in [0.4, 0.5) is 17.5 Å². The van der Waals surface area contributed by atoms with Crippen molar-refractivity contribution in [1.82, 2.24) is 24.4 Å². The van der Waals surface area contributed by atoms with Gasteiger partial charge in [-0.05, 0) is 44.2 Å². The van der Waals surface area contributed by atoms with Crippen LogP contribution >= 0.6 is 11.3 Å². The number of thiazole rings is 1. The van der Waals surface area contributed by atoms with Crippen LogP contribution in [0.2, 0.25) is 0 Å². The lowest BCUT2D eigenvalue weighted by atomic mass is 10.2. The number of piperidine rings is 1. The first-order valence-electron chi connectivity index (χ1n) is 12.5. The van der Waals surface area contributed by atoms with Gasteiger partial charge >= 0.3 is 0 Å². The van der Waals surface area contributed by atoms with Gasteiger partial charge in [0.2, 0.25) is 12.3 Å². The van der Waals surface area contributed by atoms with E-state index < -0.39 is 18.3 Å². The number of hydrogen-bond donors (Lipinski definition) is 2. The Kier molecular flexibility index (Phi) is 5.91. The molecular weight excluding hydrogens is 508 g/mol. The summed E-state index contributed by atoms with van der Waals surface area (Å²) in [5.41, 5.74) is 1.00. The molecule has 1 saturated heterocycles. The number of carbonyl (C=O) groups excluding carboxylic acids is 3. The third-order valence-electron chi connectivity index (χ3n) is 7.44. The molecule has 1 saturated carbocycles. The molecule has 38 heavy (non-hydrogen) atoms. The second kappa shape index (κ2) is 9.17. The van der Waals surface area contributed by atoms with Gasteiger partial charge in [0.05, 0.1) is 12.9 Å². The number of pyridine rings is 1. The van der Waals surface area contributed by atoms with Crippen molar-refractivity contribution in [3.63, 3.8) is 0 Å². The van der Waals surface area contributed by atoms with Gasteiger partial charge in [-0.25, -0.2) is 15.0 Å². The number of aliphatic hydroxyl groups is 1. The summed E-state index contributed by atoms with van der Waals surface area (Å²) in [6, 6.07) is 3.21. The van der Waals surface area contributed by atoms with Gasteiger partial charge in [-0.15, -0.1) is 11.3 Å². The number of ketones is 1. The number of aliphatic hydroxyl groups excluding tert-OH is 1. The SMILES string of the molecule is CC(=O)CN1C(=O)c2c(ncn2[C@@H](C)C(=O)Nc2csc(-c3ccc(N4CC5CC5C4)nc3)n2)N(C)C1O. The Balaban J connectivity index is 1.15. The molecule has 2 fully saturated rings. The van der Waals surface area contributed by atoms with E-state index in [4.69, 9.17) is 0 Å². The molecule has 0 radical (unpaired) electrons. The highest BCUT2D eigenvalue weighted by atomic mass is 32.1. The van der Waals surface area contributed by atoms with Crippen LogP contribution in [0.25, 0.3) is 10.6 Å². The predicted octanol–water partition coefficient (Wildman–Crippen LogP) is 1.81. The Bertz CT molecular complexity index is 1410. The van der Waals surface area contributed by atoms with Gasteiger partial charge in [0.15, 0.2) is 11.5 Å². The second-order valence-corrected chi connectivity index (χ2v) is 11.0. The number of carbonyl (C=O) groups is 3. The van der Waals surface area contributed by atoms with E-state index >= 15 is 0 Å². The summed E-state index contributed by atoms with van der Waals surface area (Å²) in [4.78, 5) is 56.1. The van der Waals surface area contributed by atoms with Crippen LogP contribution < -0.4 is 15.1 Å². The van der Waals surface area contributed by atoms with Crippen molar-refractivity contribution in [3.05, 3.63) is 35.7 Å². The number of nitrogens with zero attached hydrogens (tertiary/aromatic N) is 7. The van der Waals surface area contributed by atoms with Crippen molar-refractivity contribution >= 4 is 46.4 Å². The number of anilines is 3. The van der Waals surface area contributed by atoms with Gasteiger partial charge in [-0.3, -0.25) is 19.3 Å². The zero-order chi connectivity index (χ0) is 26.7. The zero-order valence-electron chi connectivity index (χ0n) is 21.2. The lowest BCUT2D eigenvalue weighted by molar-refractivity contribution is -0.120. The normalized spacial score (nSPS) is 22.8. The van der Waals surface area contributed by atoms with E-state index in [1.165, 1.54) is 40.5 Å². The summed E-state index contributed by atoms with van der Waals surface area (Å²) in [5.74, 6) is 2.06. The Morgan fingerprint density at radius 1 is 1.24 bits per heavy atom. The van der Waals surface area contributed by atoms with E-state index in [1.54, 1.807) is 19.4 Å². The molecular formula is C25H28N8O4S. The van der Waals surface area contributed by atoms with Crippen LogP contribution in [0.1, 0.15) is 36.8 Å². The number of hydrogen-bond acceptors (Lipinski definition) is 10. The molecule has 1 aliphatic carbocycles. The summed E-state index contributed by atoms with van der Waals surface area (Å²) in [6.45, 7) is 4.89. The summed E-state index contributed by atoms with van der Waals surface area (Å²) < 4.78 is 1.45. The van der Waals surface area contributed by atoms with Crippen LogP contribution in [0.5, 0.6) is 0 Å². The van der Waals surface area contributed by atoms with E-state index in [-0.39, 0.29) is 29.7 Å². The molecule has 3 aliphatic rings. The fraction of sp³-hybridized carbons (Fsp3) is 0.440. The molecule has 198 valence electrons. The standard InChI is InChI=1S/C25H28N8O4S/c1-13(34)8-32-24(36)20-21(30(3)25(32)37)27-12-33(20)14(2)22(35)28-18-11-38-23(29-18)15-4-5-19(26-7-15)31-9-16-6-17(16)10-31/h4-5,7,11-12,14,16-17,25,37H,6,8-10H2,1-3H3,(H,28,35)/t14-,16?,17?,25?/m0/s1. The third-order valence-corrected chi connectivity index (χ3v) is 8.33. The summed E-state index contributed by atoms with van der Waals surface area (Å²) in [7, 11) is 1.57. The van der Waals surface area contributed by atoms with Crippen LogP contribution in [0, 0.1) is 11.8 Å². The number of aromatic nitrogens is 4. The van der Waals surface area contributed by atoms with Crippen molar-refractivity contribution in [2.45, 2.75) is 32.7 Å². The van der Waals surface area contributed by atoms with Gasteiger partial charge in [0.1, 0.15) is 28.5 Å². The van der Waals surface area contributed by atoms with E-state index in [2.05, 4.69) is 25.2 Å². The first kappa shape index (κ1) is 24.5. The molecule has 2 N–H and O–H groups in total. The molecule has 0 bridgehead atoms. The Labute approximate surface area is 222 Å². The fourth-order valence-corrected chi connectivity index (χ4v) is 5.91. The lowest BCUT2D eigenvalue weighted by Crippen LogP contribution is -2.55. The number of Topliss-reactive ketones (excluding diaryl/α,β-unsaturated/α-hetero) is 1. The van der Waals surface area contributed by atoms with Gasteiger partial charge in [0, 0.05) is 37.3 Å². The molecule has 4 atom stereocenters. The summed E-state index contributed by atoms with van der Waals surface area (Å²) >= 11 is 1.40. The molecule has 12 nitrogen and oxygen atoms in total. The van der Waals surface area contributed by atoms with Crippen LogP contribution in [-0.2, 0) is 9.59 Å². The summed E-state index contributed by atoms with van der Waals surface area (Å²) in [5, 5.41) is 15.8. The highest BCUT2D eigenvalue weighted by molar-refractivity contribution is 7.13. The summed E-state index contributed by atoms with van der Waals surface area (Å²) in [6.07, 6.45) is 3.22. The maximum atomic E-state index is 13.1. The topological polar surface area (TPSA) is 137 Å². The minimum atomic E-state index is -1.33. The van der Waals surface area contributed by atoms with Gasteiger partial charge < -0.3 is 24.8 Å². The number of rotatable bonds is 7. The predicted molar refractivity (Wildman–Crippen MR) is 141 cm³/mol. The van der Waals surface area contributed by atoms with E-state index in [9.17, 15) is 19.5 Å². The van der Waals surface area contributed by atoms with Gasteiger partial charge in [0.25, 0.3) is 5.91 Å². The Hall–Kier alpha value is -3.84. The second-order valence-electron chi connectivity index (χ2n) is 10.2. The largest absolute Gasteiger partial charge is 0.356 e. The average molecular weight is 537 g/mol. The van der Waals surface area contributed by atoms with Gasteiger partial charge in [-0.2, -0.15) is 0 Å². The Morgan fingerprint density at radius 2 is 2.00 bits per heavy atom. The quantitative estimate of drug-likeness (QED) is 0.463. The molecule has 2 amide bonds. The minimum Gasteiger partial charge on any atom is -0.356 e. The van der Waals surface area contributed by atoms with Crippen LogP contribution in [-0.4, -0.2) is 80.2 Å². The maximum Gasteiger partial charge on any atom is 0.278 e. The van der Waals surface area contributed by atoms with E-state index in [0.29, 0.717) is 5.82 Å². The maximum absolute atomic E-state index is 13.1. The smallest absolute Gasteiger partial charge is 0.278 e. The molecule has 13 heteroatoms. The monoisotopic (exact) mass is 536 g/mol. The minimum absolute atomic E-state index is 0.127. The first-order valence-corrected chi connectivity index (χ1v) is 13.3. The number of fused-ring (bicyclic) bond motifs is 2. The zero-order valence-corrected chi connectivity index (χ0v) is 22.1. The third kappa shape index (κ3) is 4.21. The van der Waals surface area contributed by atoms with Gasteiger partial charge in [-0.1, -0.05) is 0 Å². The van der Waals surface area contributed by atoms with E-state index in [0.717, 1.165) is 46.2 Å². The number of amides is 2. The molecule has 0 aromatic carbocycles.